The topological polar surface area (TPSA) is 17.1 Å². The highest BCUT2D eigenvalue weighted by atomic mass is 16.1. The first-order valence-corrected chi connectivity index (χ1v) is 10.4. The second-order valence-electron chi connectivity index (χ2n) is 10.2. The highest BCUT2D eigenvalue weighted by Gasteiger charge is 2.60. The number of carbonyl (C=O) groups excluding carboxylic acids is 1. The Hall–Kier alpha value is -0.590. The minimum absolute atomic E-state index is 0.142. The summed E-state index contributed by atoms with van der Waals surface area (Å²) in [6, 6.07) is 0. The molecule has 0 amide bonds. The minimum atomic E-state index is -0.142. The lowest BCUT2D eigenvalue weighted by atomic mass is 9.41. The lowest BCUT2D eigenvalue weighted by molar-refractivity contribution is -0.142. The molecule has 0 heterocycles. The highest BCUT2D eigenvalue weighted by Crippen LogP contribution is 2.67. The van der Waals surface area contributed by atoms with Crippen molar-refractivity contribution in [3.05, 3.63) is 11.6 Å². The van der Waals surface area contributed by atoms with Crippen molar-refractivity contribution in [2.24, 2.45) is 34.0 Å². The third-order valence-corrected chi connectivity index (χ3v) is 8.48. The molecule has 0 radical (unpaired) electrons. The average Bonchev–Trinajstić information content (AvgIpc) is 2.50. The molecule has 0 N–H and O–H groups in total. The lowest BCUT2D eigenvalue weighted by Crippen LogP contribution is -2.56. The van der Waals surface area contributed by atoms with Crippen LogP contribution in [0.25, 0.3) is 0 Å². The van der Waals surface area contributed by atoms with Crippen LogP contribution in [0.15, 0.2) is 11.6 Å². The zero-order valence-corrected chi connectivity index (χ0v) is 16.9. The molecular weight excluding hydrogens is 292 g/mol. The van der Waals surface area contributed by atoms with Crippen molar-refractivity contribution < 1.29 is 4.79 Å². The van der Waals surface area contributed by atoms with Gasteiger partial charge in [-0.05, 0) is 60.7 Å². The number of unbranched alkanes of at least 4 members (excludes halogenated alkanes) is 1. The van der Waals surface area contributed by atoms with E-state index in [1.165, 1.54) is 38.5 Å². The molecular formula is C23H38O. The molecule has 136 valence electrons. The van der Waals surface area contributed by atoms with Crippen LogP contribution >= 0.6 is 0 Å². The van der Waals surface area contributed by atoms with Crippen LogP contribution in [0, 0.1) is 34.0 Å². The van der Waals surface area contributed by atoms with E-state index in [-0.39, 0.29) is 10.8 Å². The third-order valence-electron chi connectivity index (χ3n) is 8.48. The maximum absolute atomic E-state index is 12.6. The van der Waals surface area contributed by atoms with Crippen LogP contribution < -0.4 is 0 Å². The number of carbonyl (C=O) groups is 1. The van der Waals surface area contributed by atoms with Crippen LogP contribution in [0.4, 0.5) is 0 Å². The molecule has 2 fully saturated rings. The van der Waals surface area contributed by atoms with Crippen LogP contribution in [0.3, 0.4) is 0 Å². The molecule has 3 aliphatic carbocycles. The molecule has 1 nitrogen and oxygen atoms in total. The van der Waals surface area contributed by atoms with Crippen molar-refractivity contribution in [1.82, 2.24) is 0 Å². The summed E-state index contributed by atoms with van der Waals surface area (Å²) in [4.78, 5) is 12.6. The van der Waals surface area contributed by atoms with Crippen molar-refractivity contribution in [1.29, 1.82) is 0 Å². The number of rotatable bonds is 3. The van der Waals surface area contributed by atoms with E-state index in [0.29, 0.717) is 17.1 Å². The Morgan fingerprint density at radius 3 is 2.50 bits per heavy atom. The zero-order valence-electron chi connectivity index (χ0n) is 16.9. The summed E-state index contributed by atoms with van der Waals surface area (Å²) in [6.07, 6.45) is 12.3. The molecule has 0 aromatic heterocycles. The summed E-state index contributed by atoms with van der Waals surface area (Å²) < 4.78 is 0. The van der Waals surface area contributed by atoms with Gasteiger partial charge in [0.1, 0.15) is 5.78 Å². The van der Waals surface area contributed by atoms with E-state index in [0.717, 1.165) is 24.7 Å². The van der Waals surface area contributed by atoms with Gasteiger partial charge in [-0.15, -0.1) is 0 Å². The van der Waals surface area contributed by atoms with Crippen LogP contribution in [0.2, 0.25) is 0 Å². The van der Waals surface area contributed by atoms with Gasteiger partial charge in [-0.3, -0.25) is 4.79 Å². The summed E-state index contributed by atoms with van der Waals surface area (Å²) in [5.74, 6) is 2.67. The van der Waals surface area contributed by atoms with E-state index >= 15 is 0 Å². The van der Waals surface area contributed by atoms with Gasteiger partial charge in [0.2, 0.25) is 0 Å². The third kappa shape index (κ3) is 2.44. The van der Waals surface area contributed by atoms with Crippen LogP contribution in [0.5, 0.6) is 0 Å². The molecule has 0 aliphatic heterocycles. The number of hydrogen-bond acceptors (Lipinski definition) is 1. The lowest BCUT2D eigenvalue weighted by Gasteiger charge is -2.62. The minimum Gasteiger partial charge on any atom is -0.299 e. The average molecular weight is 331 g/mol. The SMILES string of the molecule is CCCC[C@@H]1[C@@H](C)CC=C2C1(C)CC[C@H]1C(C)(C)C(=O)CC[C@]21C. The summed E-state index contributed by atoms with van der Waals surface area (Å²) >= 11 is 0. The maximum Gasteiger partial charge on any atom is 0.138 e. The molecule has 1 unspecified atom stereocenters. The van der Waals surface area contributed by atoms with Crippen molar-refractivity contribution in [3.8, 4) is 0 Å². The van der Waals surface area contributed by atoms with Gasteiger partial charge in [0, 0.05) is 11.8 Å². The molecule has 1 heteroatoms. The van der Waals surface area contributed by atoms with Crippen LogP contribution in [0.1, 0.15) is 92.9 Å². The van der Waals surface area contributed by atoms with Gasteiger partial charge in [0.15, 0.2) is 0 Å². The first-order chi connectivity index (χ1) is 11.2. The Kier molecular flexibility index (Phi) is 4.54. The van der Waals surface area contributed by atoms with Gasteiger partial charge in [-0.1, -0.05) is 66.0 Å². The Bertz CT molecular complexity index is 542. The Morgan fingerprint density at radius 2 is 1.83 bits per heavy atom. The van der Waals surface area contributed by atoms with Gasteiger partial charge >= 0.3 is 0 Å². The molecule has 5 atom stereocenters. The molecule has 3 rings (SSSR count). The largest absolute Gasteiger partial charge is 0.299 e. The molecule has 0 spiro atoms. The molecule has 0 saturated heterocycles. The van der Waals surface area contributed by atoms with Crippen molar-refractivity contribution in [2.45, 2.75) is 92.9 Å². The van der Waals surface area contributed by atoms with Gasteiger partial charge < -0.3 is 0 Å². The monoisotopic (exact) mass is 330 g/mol. The Morgan fingerprint density at radius 1 is 1.12 bits per heavy atom. The zero-order chi connectivity index (χ0) is 17.8. The van der Waals surface area contributed by atoms with E-state index < -0.39 is 0 Å². The highest BCUT2D eigenvalue weighted by molar-refractivity contribution is 5.85. The summed E-state index contributed by atoms with van der Waals surface area (Å²) in [5.41, 5.74) is 2.21. The second-order valence-corrected chi connectivity index (χ2v) is 10.2. The number of ketones is 1. The molecule has 2 saturated carbocycles. The number of allylic oxidation sites excluding steroid dienone is 2. The summed E-state index contributed by atoms with van der Waals surface area (Å²) in [5, 5.41) is 0. The van der Waals surface area contributed by atoms with E-state index in [1.807, 2.05) is 0 Å². The van der Waals surface area contributed by atoms with Gasteiger partial charge in [-0.2, -0.15) is 0 Å². The predicted molar refractivity (Wildman–Crippen MR) is 102 cm³/mol. The Balaban J connectivity index is 2.00. The predicted octanol–water partition coefficient (Wildman–Crippen LogP) is 6.57. The second kappa shape index (κ2) is 5.99. The summed E-state index contributed by atoms with van der Waals surface area (Å²) in [7, 11) is 0. The van der Waals surface area contributed by atoms with Gasteiger partial charge in [0.05, 0.1) is 0 Å². The van der Waals surface area contributed by atoms with Crippen molar-refractivity contribution in [2.75, 3.05) is 0 Å². The fourth-order valence-corrected chi connectivity index (χ4v) is 7.07. The first kappa shape index (κ1) is 18.2. The number of Topliss-reactive ketones (excluding diaryl/α,β-unsaturated/α-hetero) is 1. The van der Waals surface area contributed by atoms with E-state index in [2.05, 4.69) is 47.6 Å². The number of fused-ring (bicyclic) bond motifs is 3. The van der Waals surface area contributed by atoms with Gasteiger partial charge in [-0.25, -0.2) is 0 Å². The summed E-state index contributed by atoms with van der Waals surface area (Å²) in [6.45, 7) is 14.3. The van der Waals surface area contributed by atoms with Crippen molar-refractivity contribution in [3.63, 3.8) is 0 Å². The Labute approximate surface area is 149 Å². The molecule has 0 aromatic carbocycles. The van der Waals surface area contributed by atoms with E-state index in [4.69, 9.17) is 0 Å². The van der Waals surface area contributed by atoms with Crippen LogP contribution in [-0.4, -0.2) is 5.78 Å². The standard InChI is InChI=1S/C23H38O/c1-7-8-9-17-16(2)10-11-19-22(17,5)14-12-18-21(3,4)20(24)13-15-23(18,19)6/h11,16-18H,7-10,12-15H2,1-6H3/t16-,17+,18-,22?,23-/m0/s1. The van der Waals surface area contributed by atoms with Crippen LogP contribution in [-0.2, 0) is 4.79 Å². The normalized spacial score (nSPS) is 44.5. The van der Waals surface area contributed by atoms with E-state index in [1.54, 1.807) is 5.57 Å². The van der Waals surface area contributed by atoms with Crippen molar-refractivity contribution >= 4 is 5.78 Å². The molecule has 24 heavy (non-hydrogen) atoms. The van der Waals surface area contributed by atoms with Gasteiger partial charge in [0.25, 0.3) is 0 Å². The molecule has 0 aromatic rings. The molecule has 3 aliphatic rings. The van der Waals surface area contributed by atoms with E-state index in [9.17, 15) is 4.79 Å². The molecule has 0 bridgehead atoms. The fraction of sp³-hybridized carbons (Fsp3) is 0.870. The number of hydrogen-bond donors (Lipinski definition) is 0. The quantitative estimate of drug-likeness (QED) is 0.535. The maximum atomic E-state index is 12.6. The fourth-order valence-electron chi connectivity index (χ4n) is 7.07. The smallest absolute Gasteiger partial charge is 0.138 e. The first-order valence-electron chi connectivity index (χ1n) is 10.4.